The quantitative estimate of drug-likeness (QED) is 0.793. The molecule has 1 unspecified atom stereocenters. The molecule has 164 valence electrons. The number of carbonyl (C=O) groups excluding carboxylic acids is 2. The van der Waals surface area contributed by atoms with Crippen LogP contribution in [0.15, 0.2) is 24.5 Å². The van der Waals surface area contributed by atoms with Crippen LogP contribution < -0.4 is 10.6 Å². The minimum absolute atomic E-state index is 0.0714. The van der Waals surface area contributed by atoms with Crippen LogP contribution in [0.5, 0.6) is 0 Å². The highest BCUT2D eigenvalue weighted by atomic mass is 16.5. The standard InChI is InChI=1S/C23H34N4O3/c28-21(19-5-4-11-24-17-19)25-16-18-8-14-30-23(15-18)9-12-27(13-10-23)22(29)26-20-6-2-1-3-7-20/h4-5,11,17-18,20H,1-3,6-10,12-16H2,(H,25,28)(H,26,29). The maximum atomic E-state index is 12.6. The molecule has 3 heterocycles. The van der Waals surface area contributed by atoms with Crippen LogP contribution in [0.3, 0.4) is 0 Å². The summed E-state index contributed by atoms with van der Waals surface area (Å²) in [5.74, 6) is 0.333. The number of hydrogen-bond donors (Lipinski definition) is 2. The SMILES string of the molecule is O=C(NCC1CCOC2(CCN(C(=O)NC3CCCCC3)CC2)C1)c1cccnc1. The van der Waals surface area contributed by atoms with Crippen LogP contribution in [-0.2, 0) is 4.74 Å². The van der Waals surface area contributed by atoms with E-state index in [1.54, 1.807) is 24.5 Å². The minimum Gasteiger partial charge on any atom is -0.375 e. The fourth-order valence-corrected chi connectivity index (χ4v) is 5.12. The number of aromatic nitrogens is 1. The number of amides is 3. The molecule has 0 aromatic carbocycles. The molecule has 2 N–H and O–H groups in total. The molecule has 1 spiro atoms. The van der Waals surface area contributed by atoms with Gasteiger partial charge in [-0.1, -0.05) is 19.3 Å². The number of piperidine rings is 1. The van der Waals surface area contributed by atoms with Crippen LogP contribution in [0, 0.1) is 5.92 Å². The molecule has 0 bridgehead atoms. The molecule has 0 radical (unpaired) electrons. The molecule has 1 saturated carbocycles. The first-order valence-electron chi connectivity index (χ1n) is 11.5. The van der Waals surface area contributed by atoms with Gasteiger partial charge in [-0.3, -0.25) is 9.78 Å². The lowest BCUT2D eigenvalue weighted by atomic mass is 9.79. The predicted octanol–water partition coefficient (Wildman–Crippen LogP) is 3.11. The van der Waals surface area contributed by atoms with E-state index in [1.165, 1.54) is 19.3 Å². The number of hydrogen-bond acceptors (Lipinski definition) is 4. The topological polar surface area (TPSA) is 83.6 Å². The molecule has 1 aromatic heterocycles. The molecule has 1 aromatic rings. The van der Waals surface area contributed by atoms with Crippen molar-refractivity contribution in [2.75, 3.05) is 26.2 Å². The molecular formula is C23H34N4O3. The van der Waals surface area contributed by atoms with Gasteiger partial charge in [-0.2, -0.15) is 0 Å². The van der Waals surface area contributed by atoms with Gasteiger partial charge in [0.2, 0.25) is 0 Å². The van der Waals surface area contributed by atoms with E-state index >= 15 is 0 Å². The van der Waals surface area contributed by atoms with Crippen molar-refractivity contribution in [1.82, 2.24) is 20.5 Å². The monoisotopic (exact) mass is 414 g/mol. The van der Waals surface area contributed by atoms with Crippen LogP contribution in [0.2, 0.25) is 0 Å². The lowest BCUT2D eigenvalue weighted by molar-refractivity contribution is -0.122. The van der Waals surface area contributed by atoms with E-state index in [4.69, 9.17) is 4.74 Å². The van der Waals surface area contributed by atoms with Gasteiger partial charge in [-0.15, -0.1) is 0 Å². The second-order valence-corrected chi connectivity index (χ2v) is 9.11. The smallest absolute Gasteiger partial charge is 0.317 e. The Bertz CT molecular complexity index is 712. The van der Waals surface area contributed by atoms with Gasteiger partial charge in [0.1, 0.15) is 0 Å². The lowest BCUT2D eigenvalue weighted by Gasteiger charge is -2.46. The van der Waals surface area contributed by atoms with E-state index < -0.39 is 0 Å². The molecule has 30 heavy (non-hydrogen) atoms. The summed E-state index contributed by atoms with van der Waals surface area (Å²) in [6.45, 7) is 2.87. The highest BCUT2D eigenvalue weighted by molar-refractivity contribution is 5.93. The number of pyridine rings is 1. The molecule has 7 nitrogen and oxygen atoms in total. The highest BCUT2D eigenvalue weighted by Crippen LogP contribution is 2.37. The number of urea groups is 1. The third-order valence-corrected chi connectivity index (χ3v) is 6.96. The Morgan fingerprint density at radius 2 is 1.97 bits per heavy atom. The van der Waals surface area contributed by atoms with E-state index in [0.717, 1.165) is 58.2 Å². The maximum absolute atomic E-state index is 12.6. The van der Waals surface area contributed by atoms with E-state index in [9.17, 15) is 9.59 Å². The van der Waals surface area contributed by atoms with Crippen molar-refractivity contribution in [2.24, 2.45) is 5.92 Å². The Labute approximate surface area is 178 Å². The zero-order chi connectivity index (χ0) is 20.8. The van der Waals surface area contributed by atoms with Crippen molar-refractivity contribution in [3.05, 3.63) is 30.1 Å². The molecule has 1 atom stereocenters. The third-order valence-electron chi connectivity index (χ3n) is 6.96. The summed E-state index contributed by atoms with van der Waals surface area (Å²) >= 11 is 0. The van der Waals surface area contributed by atoms with Crippen LogP contribution in [-0.4, -0.2) is 59.7 Å². The van der Waals surface area contributed by atoms with Crippen LogP contribution in [0.25, 0.3) is 0 Å². The molecule has 4 rings (SSSR count). The van der Waals surface area contributed by atoms with Gasteiger partial charge in [-0.05, 0) is 56.6 Å². The second-order valence-electron chi connectivity index (χ2n) is 9.11. The zero-order valence-corrected chi connectivity index (χ0v) is 17.8. The second kappa shape index (κ2) is 9.77. The molecule has 1 aliphatic carbocycles. The Balaban J connectivity index is 1.23. The largest absolute Gasteiger partial charge is 0.375 e. The number of nitrogens with one attached hydrogen (secondary N) is 2. The first-order valence-corrected chi connectivity index (χ1v) is 11.5. The average molecular weight is 415 g/mol. The fourth-order valence-electron chi connectivity index (χ4n) is 5.12. The summed E-state index contributed by atoms with van der Waals surface area (Å²) in [4.78, 5) is 30.9. The third kappa shape index (κ3) is 5.31. The zero-order valence-electron chi connectivity index (χ0n) is 17.8. The van der Waals surface area contributed by atoms with E-state index in [0.29, 0.717) is 24.1 Å². The number of carbonyl (C=O) groups is 2. The van der Waals surface area contributed by atoms with Crippen LogP contribution in [0.1, 0.15) is 68.1 Å². The highest BCUT2D eigenvalue weighted by Gasteiger charge is 2.41. The lowest BCUT2D eigenvalue weighted by Crippen LogP contribution is -2.54. The molecule has 2 aliphatic heterocycles. The molecular weight excluding hydrogens is 380 g/mol. The summed E-state index contributed by atoms with van der Waals surface area (Å²) < 4.78 is 6.23. The fraction of sp³-hybridized carbons (Fsp3) is 0.696. The Hall–Kier alpha value is -2.15. The molecule has 7 heteroatoms. The molecule has 3 fully saturated rings. The number of rotatable bonds is 4. The summed E-state index contributed by atoms with van der Waals surface area (Å²) in [5.41, 5.74) is 0.445. The number of ether oxygens (including phenoxy) is 1. The van der Waals surface area contributed by atoms with Crippen molar-refractivity contribution in [1.29, 1.82) is 0 Å². The van der Waals surface area contributed by atoms with Gasteiger partial charge in [0.15, 0.2) is 0 Å². The van der Waals surface area contributed by atoms with Crippen molar-refractivity contribution in [3.8, 4) is 0 Å². The first kappa shape index (κ1) is 21.1. The molecule has 2 saturated heterocycles. The van der Waals surface area contributed by atoms with E-state index in [-0.39, 0.29) is 17.5 Å². The molecule has 3 amide bonds. The Morgan fingerprint density at radius 3 is 2.70 bits per heavy atom. The van der Waals surface area contributed by atoms with E-state index in [2.05, 4.69) is 15.6 Å². The normalized spacial score (nSPS) is 24.4. The van der Waals surface area contributed by atoms with E-state index in [1.807, 2.05) is 4.90 Å². The minimum atomic E-state index is -0.149. The Morgan fingerprint density at radius 1 is 1.17 bits per heavy atom. The van der Waals surface area contributed by atoms with Crippen molar-refractivity contribution >= 4 is 11.9 Å². The van der Waals surface area contributed by atoms with Crippen LogP contribution in [0.4, 0.5) is 4.79 Å². The van der Waals surface area contributed by atoms with Gasteiger partial charge in [0.25, 0.3) is 5.91 Å². The van der Waals surface area contributed by atoms with Crippen molar-refractivity contribution in [3.63, 3.8) is 0 Å². The average Bonchev–Trinajstić information content (AvgIpc) is 2.79. The van der Waals surface area contributed by atoms with Gasteiger partial charge >= 0.3 is 6.03 Å². The van der Waals surface area contributed by atoms with Gasteiger partial charge in [-0.25, -0.2) is 4.79 Å². The number of nitrogens with zero attached hydrogens (tertiary/aromatic N) is 2. The maximum Gasteiger partial charge on any atom is 0.317 e. The van der Waals surface area contributed by atoms with Gasteiger partial charge in [0, 0.05) is 44.7 Å². The Kier molecular flexibility index (Phi) is 6.87. The molecule has 3 aliphatic rings. The summed E-state index contributed by atoms with van der Waals surface area (Å²) in [5, 5.41) is 6.28. The summed E-state index contributed by atoms with van der Waals surface area (Å²) in [7, 11) is 0. The predicted molar refractivity (Wildman–Crippen MR) is 114 cm³/mol. The number of likely N-dealkylation sites (tertiary alicyclic amines) is 1. The summed E-state index contributed by atoms with van der Waals surface area (Å²) in [6, 6.07) is 3.99. The van der Waals surface area contributed by atoms with Crippen molar-refractivity contribution in [2.45, 2.75) is 69.4 Å². The summed E-state index contributed by atoms with van der Waals surface area (Å²) in [6.07, 6.45) is 12.9. The first-order chi connectivity index (χ1) is 14.6. The van der Waals surface area contributed by atoms with Gasteiger partial charge in [0.05, 0.1) is 11.2 Å². The van der Waals surface area contributed by atoms with Gasteiger partial charge < -0.3 is 20.3 Å². The van der Waals surface area contributed by atoms with Crippen molar-refractivity contribution < 1.29 is 14.3 Å². The van der Waals surface area contributed by atoms with Crippen LogP contribution >= 0.6 is 0 Å².